The molecule has 0 atom stereocenters. The Kier molecular flexibility index (Phi) is 4.03. The van der Waals surface area contributed by atoms with Crippen LogP contribution in [0, 0.1) is 5.82 Å². The Hall–Kier alpha value is -2.80. The number of anilines is 1. The lowest BCUT2D eigenvalue weighted by Crippen LogP contribution is -2.16. The van der Waals surface area contributed by atoms with Gasteiger partial charge in [0, 0.05) is 17.7 Å². The Labute approximate surface area is 132 Å². The molecule has 0 radical (unpaired) electrons. The lowest BCUT2D eigenvalue weighted by Gasteiger charge is -2.12. The van der Waals surface area contributed by atoms with E-state index in [1.165, 1.54) is 18.5 Å². The minimum atomic E-state index is -0.340. The van der Waals surface area contributed by atoms with Gasteiger partial charge in [0.2, 0.25) is 0 Å². The van der Waals surface area contributed by atoms with Gasteiger partial charge in [0.15, 0.2) is 5.65 Å². The Bertz CT molecular complexity index is 859. The summed E-state index contributed by atoms with van der Waals surface area (Å²) in [6.07, 6.45) is 1.54. The number of benzene rings is 1. The van der Waals surface area contributed by atoms with Gasteiger partial charge >= 0.3 is 0 Å². The lowest BCUT2D eigenvalue weighted by atomic mass is 10.1. The van der Waals surface area contributed by atoms with E-state index >= 15 is 0 Å². The summed E-state index contributed by atoms with van der Waals surface area (Å²) < 4.78 is 13.8. The van der Waals surface area contributed by atoms with E-state index in [2.05, 4.69) is 20.3 Å². The number of carbonyl (C=O) groups is 1. The summed E-state index contributed by atoms with van der Waals surface area (Å²) in [5.74, 6) is -0.271. The van der Waals surface area contributed by atoms with Crippen molar-refractivity contribution in [3.05, 3.63) is 53.6 Å². The van der Waals surface area contributed by atoms with Crippen molar-refractivity contribution < 1.29 is 9.18 Å². The highest BCUT2D eigenvalue weighted by molar-refractivity contribution is 6.04. The molecule has 3 rings (SSSR count). The van der Waals surface area contributed by atoms with Crippen molar-refractivity contribution >= 4 is 22.9 Å². The number of carbonyl (C=O) groups excluding carboxylic acids is 1. The normalized spacial score (nSPS) is 11.1. The second kappa shape index (κ2) is 6.13. The highest BCUT2D eigenvalue weighted by atomic mass is 19.1. The third kappa shape index (κ3) is 3.35. The maximum absolute atomic E-state index is 13.8. The van der Waals surface area contributed by atoms with E-state index in [0.717, 1.165) is 5.52 Å². The fourth-order valence-corrected chi connectivity index (χ4v) is 2.26. The van der Waals surface area contributed by atoms with Crippen LogP contribution in [0.1, 0.15) is 15.9 Å². The molecule has 0 unspecified atom stereocenters. The maximum Gasteiger partial charge on any atom is 0.256 e. The largest absolute Gasteiger partial charge is 0.343 e. The third-order valence-corrected chi connectivity index (χ3v) is 3.32. The molecule has 7 heteroatoms. The maximum atomic E-state index is 13.8. The third-order valence-electron chi connectivity index (χ3n) is 3.32. The first-order valence-corrected chi connectivity index (χ1v) is 7.07. The van der Waals surface area contributed by atoms with Crippen LogP contribution in [0.2, 0.25) is 0 Å². The van der Waals surface area contributed by atoms with Crippen LogP contribution in [-0.2, 0) is 6.54 Å². The predicted molar refractivity (Wildman–Crippen MR) is 85.6 cm³/mol. The summed E-state index contributed by atoms with van der Waals surface area (Å²) in [4.78, 5) is 25.4. The van der Waals surface area contributed by atoms with Gasteiger partial charge in [-0.1, -0.05) is 0 Å². The minimum Gasteiger partial charge on any atom is -0.343 e. The van der Waals surface area contributed by atoms with Crippen LogP contribution in [0.5, 0.6) is 0 Å². The van der Waals surface area contributed by atoms with Crippen molar-refractivity contribution in [3.8, 4) is 0 Å². The van der Waals surface area contributed by atoms with E-state index in [-0.39, 0.29) is 11.7 Å². The fourth-order valence-electron chi connectivity index (χ4n) is 2.26. The molecule has 0 aliphatic heterocycles. The topological polar surface area (TPSA) is 73.9 Å². The quantitative estimate of drug-likeness (QED) is 0.776. The number of halogens is 1. The molecule has 3 aromatic rings. The zero-order valence-corrected chi connectivity index (χ0v) is 12.8. The van der Waals surface area contributed by atoms with Crippen molar-refractivity contribution in [2.45, 2.75) is 6.54 Å². The van der Waals surface area contributed by atoms with Gasteiger partial charge in [-0.15, -0.1) is 0 Å². The highest BCUT2D eigenvalue weighted by Crippen LogP contribution is 2.15. The molecular formula is C16H16FN5O. The van der Waals surface area contributed by atoms with Crippen LogP contribution < -0.4 is 5.32 Å². The average Bonchev–Trinajstić information content (AvgIpc) is 2.96. The van der Waals surface area contributed by atoms with Crippen molar-refractivity contribution in [3.63, 3.8) is 0 Å². The monoisotopic (exact) mass is 313 g/mol. The summed E-state index contributed by atoms with van der Waals surface area (Å²) in [6, 6.07) is 7.78. The lowest BCUT2D eigenvalue weighted by molar-refractivity contribution is 0.102. The summed E-state index contributed by atoms with van der Waals surface area (Å²) in [5.41, 5.74) is 2.17. The Morgan fingerprint density at radius 1 is 1.30 bits per heavy atom. The van der Waals surface area contributed by atoms with E-state index in [4.69, 9.17) is 0 Å². The Balaban J connectivity index is 1.82. The SMILES string of the molecule is CN(C)Cc1cc(C(=O)Nc2ccc3[nH]cnc3n2)ccc1F. The number of aromatic nitrogens is 3. The molecule has 2 heterocycles. The van der Waals surface area contributed by atoms with Crippen molar-refractivity contribution in [1.82, 2.24) is 19.9 Å². The van der Waals surface area contributed by atoms with Gasteiger partial charge in [-0.05, 0) is 44.4 Å². The zero-order valence-electron chi connectivity index (χ0n) is 12.8. The van der Waals surface area contributed by atoms with E-state index < -0.39 is 0 Å². The van der Waals surface area contributed by atoms with Gasteiger partial charge in [-0.2, -0.15) is 0 Å². The molecule has 118 valence electrons. The number of pyridine rings is 1. The second-order valence-electron chi connectivity index (χ2n) is 5.47. The predicted octanol–water partition coefficient (Wildman–Crippen LogP) is 2.41. The zero-order chi connectivity index (χ0) is 16.4. The molecular weight excluding hydrogens is 297 g/mol. The summed E-state index contributed by atoms with van der Waals surface area (Å²) in [6.45, 7) is 0.421. The van der Waals surface area contributed by atoms with Gasteiger partial charge in [-0.3, -0.25) is 4.79 Å². The van der Waals surface area contributed by atoms with Gasteiger partial charge < -0.3 is 15.2 Å². The number of fused-ring (bicyclic) bond motifs is 1. The summed E-state index contributed by atoms with van der Waals surface area (Å²) >= 11 is 0. The molecule has 0 saturated heterocycles. The smallest absolute Gasteiger partial charge is 0.256 e. The van der Waals surface area contributed by atoms with Gasteiger partial charge in [-0.25, -0.2) is 14.4 Å². The molecule has 0 aliphatic carbocycles. The molecule has 0 aliphatic rings. The Morgan fingerprint density at radius 2 is 2.13 bits per heavy atom. The number of hydrogen-bond acceptors (Lipinski definition) is 4. The van der Waals surface area contributed by atoms with E-state index in [1.807, 2.05) is 19.0 Å². The first-order valence-electron chi connectivity index (χ1n) is 7.07. The molecule has 0 bridgehead atoms. The van der Waals surface area contributed by atoms with Crippen LogP contribution >= 0.6 is 0 Å². The number of nitrogens with one attached hydrogen (secondary N) is 2. The molecule has 6 nitrogen and oxygen atoms in total. The number of amides is 1. The first kappa shape index (κ1) is 15.1. The van der Waals surface area contributed by atoms with Crippen LogP contribution in [0.15, 0.2) is 36.7 Å². The molecule has 1 amide bonds. The molecule has 23 heavy (non-hydrogen) atoms. The molecule has 2 N–H and O–H groups in total. The van der Waals surface area contributed by atoms with Crippen molar-refractivity contribution in [1.29, 1.82) is 0 Å². The standard InChI is InChI=1S/C16H16FN5O/c1-22(2)8-11-7-10(3-4-12(11)17)16(23)21-14-6-5-13-15(20-14)19-9-18-13/h3-7,9H,8H2,1-2H3,(H2,18,19,20,21,23). The van der Waals surface area contributed by atoms with Gasteiger partial charge in [0.25, 0.3) is 5.91 Å². The fraction of sp³-hybridized carbons (Fsp3) is 0.188. The van der Waals surface area contributed by atoms with Gasteiger partial charge in [0.1, 0.15) is 11.6 Å². The van der Waals surface area contributed by atoms with E-state index in [0.29, 0.717) is 29.1 Å². The molecule has 1 aromatic carbocycles. The van der Waals surface area contributed by atoms with Crippen LogP contribution in [0.4, 0.5) is 10.2 Å². The highest BCUT2D eigenvalue weighted by Gasteiger charge is 2.12. The number of H-pyrrole nitrogens is 1. The van der Waals surface area contributed by atoms with Gasteiger partial charge in [0.05, 0.1) is 11.8 Å². The van der Waals surface area contributed by atoms with Crippen molar-refractivity contribution in [2.75, 3.05) is 19.4 Å². The number of nitrogens with zero attached hydrogens (tertiary/aromatic N) is 3. The van der Waals surface area contributed by atoms with Crippen LogP contribution in [-0.4, -0.2) is 39.9 Å². The van der Waals surface area contributed by atoms with Crippen LogP contribution in [0.3, 0.4) is 0 Å². The molecule has 2 aromatic heterocycles. The molecule has 0 fully saturated rings. The molecule has 0 saturated carbocycles. The van der Waals surface area contributed by atoms with E-state index in [1.54, 1.807) is 18.2 Å². The summed E-state index contributed by atoms with van der Waals surface area (Å²) in [5, 5.41) is 2.70. The van der Waals surface area contributed by atoms with Crippen molar-refractivity contribution in [2.24, 2.45) is 0 Å². The number of rotatable bonds is 4. The van der Waals surface area contributed by atoms with E-state index in [9.17, 15) is 9.18 Å². The minimum absolute atomic E-state index is 0.327. The summed E-state index contributed by atoms with van der Waals surface area (Å²) in [7, 11) is 3.68. The average molecular weight is 313 g/mol. The second-order valence-corrected chi connectivity index (χ2v) is 5.47. The number of aromatic amines is 1. The molecule has 0 spiro atoms. The number of imidazole rings is 1. The Morgan fingerprint density at radius 3 is 2.91 bits per heavy atom. The van der Waals surface area contributed by atoms with Crippen LogP contribution in [0.25, 0.3) is 11.2 Å². The first-order chi connectivity index (χ1) is 11.0. The number of hydrogen-bond donors (Lipinski definition) is 2.